The van der Waals surface area contributed by atoms with Crippen LogP contribution < -0.4 is 0 Å². The molecule has 2 aromatic rings. The maximum absolute atomic E-state index is 12.3. The zero-order chi connectivity index (χ0) is 13.0. The predicted octanol–water partition coefficient (Wildman–Crippen LogP) is 3.92. The first-order valence-electron chi connectivity index (χ1n) is 5.95. The third-order valence-corrected chi connectivity index (χ3v) is 3.05. The van der Waals surface area contributed by atoms with E-state index in [0.29, 0.717) is 16.1 Å². The van der Waals surface area contributed by atoms with Crippen molar-refractivity contribution in [2.45, 2.75) is 19.8 Å². The van der Waals surface area contributed by atoms with Crippen LogP contribution in [0.4, 0.5) is 0 Å². The third kappa shape index (κ3) is 2.77. The van der Waals surface area contributed by atoms with Gasteiger partial charge >= 0.3 is 0 Å². The number of hydrogen-bond donors (Lipinski definition) is 0. The summed E-state index contributed by atoms with van der Waals surface area (Å²) in [4.78, 5) is 16.2. The molecule has 0 N–H and O–H groups in total. The molecule has 0 spiro atoms. The number of halogens is 1. The molecule has 0 amide bonds. The summed E-state index contributed by atoms with van der Waals surface area (Å²) < 4.78 is 0. The van der Waals surface area contributed by atoms with E-state index in [2.05, 4.69) is 11.9 Å². The molecule has 0 fully saturated rings. The number of hydrogen-bond acceptors (Lipinski definition) is 2. The summed E-state index contributed by atoms with van der Waals surface area (Å²) in [5.41, 5.74) is 2.35. The highest BCUT2D eigenvalue weighted by molar-refractivity contribution is 6.34. The Kier molecular flexibility index (Phi) is 4.11. The fraction of sp³-hybridized carbons (Fsp3) is 0.200. The Morgan fingerprint density at radius 3 is 2.89 bits per heavy atom. The van der Waals surface area contributed by atoms with E-state index in [9.17, 15) is 4.79 Å². The van der Waals surface area contributed by atoms with E-state index < -0.39 is 0 Å². The predicted molar refractivity (Wildman–Crippen MR) is 73.1 cm³/mol. The lowest BCUT2D eigenvalue weighted by molar-refractivity contribution is 0.103. The fourth-order valence-electron chi connectivity index (χ4n) is 1.87. The van der Waals surface area contributed by atoms with Crippen LogP contribution in [0.2, 0.25) is 5.02 Å². The van der Waals surface area contributed by atoms with Crippen molar-refractivity contribution in [2.75, 3.05) is 0 Å². The molecule has 18 heavy (non-hydrogen) atoms. The lowest BCUT2D eigenvalue weighted by Crippen LogP contribution is -2.03. The van der Waals surface area contributed by atoms with Gasteiger partial charge in [0.25, 0.3) is 0 Å². The van der Waals surface area contributed by atoms with Gasteiger partial charge in [0.05, 0.1) is 5.02 Å². The van der Waals surface area contributed by atoms with E-state index in [1.807, 2.05) is 24.3 Å². The van der Waals surface area contributed by atoms with E-state index in [0.717, 1.165) is 12.8 Å². The van der Waals surface area contributed by atoms with E-state index in [-0.39, 0.29) is 5.78 Å². The van der Waals surface area contributed by atoms with Crippen LogP contribution in [0, 0.1) is 0 Å². The molecule has 0 saturated heterocycles. The largest absolute Gasteiger partial charge is 0.289 e. The first-order chi connectivity index (χ1) is 8.72. The maximum Gasteiger partial charge on any atom is 0.194 e. The van der Waals surface area contributed by atoms with Gasteiger partial charge in [-0.2, -0.15) is 0 Å². The van der Waals surface area contributed by atoms with Gasteiger partial charge in [0, 0.05) is 23.5 Å². The summed E-state index contributed by atoms with van der Waals surface area (Å²) in [7, 11) is 0. The minimum atomic E-state index is -0.0552. The second kappa shape index (κ2) is 5.78. The summed E-state index contributed by atoms with van der Waals surface area (Å²) in [6, 6.07) is 9.35. The van der Waals surface area contributed by atoms with Gasteiger partial charge in [-0.15, -0.1) is 0 Å². The molecule has 1 aromatic heterocycles. The molecule has 92 valence electrons. The Morgan fingerprint density at radius 1 is 1.33 bits per heavy atom. The summed E-state index contributed by atoms with van der Waals surface area (Å²) in [5.74, 6) is -0.0552. The standard InChI is InChI=1S/C15H14ClNO/c1-2-4-11-5-3-6-12(9-11)15(18)13-7-8-17-10-14(13)16/h3,5-10H,2,4H2,1H3. The number of pyridine rings is 1. The average molecular weight is 260 g/mol. The van der Waals surface area contributed by atoms with Gasteiger partial charge in [0.1, 0.15) is 0 Å². The van der Waals surface area contributed by atoms with Crippen molar-refractivity contribution in [2.24, 2.45) is 0 Å². The Hall–Kier alpha value is -1.67. The van der Waals surface area contributed by atoms with Crippen molar-refractivity contribution in [1.82, 2.24) is 4.98 Å². The Labute approximate surface area is 112 Å². The molecular weight excluding hydrogens is 246 g/mol. The molecule has 0 unspecified atom stereocenters. The van der Waals surface area contributed by atoms with Crippen molar-refractivity contribution < 1.29 is 4.79 Å². The Balaban J connectivity index is 2.34. The highest BCUT2D eigenvalue weighted by Gasteiger charge is 2.12. The molecule has 0 radical (unpaired) electrons. The number of carbonyl (C=O) groups is 1. The van der Waals surface area contributed by atoms with Crippen molar-refractivity contribution >= 4 is 17.4 Å². The number of benzene rings is 1. The first-order valence-corrected chi connectivity index (χ1v) is 6.33. The van der Waals surface area contributed by atoms with Crippen molar-refractivity contribution in [3.63, 3.8) is 0 Å². The molecule has 2 rings (SSSR count). The van der Waals surface area contributed by atoms with Crippen LogP contribution in [0.15, 0.2) is 42.7 Å². The average Bonchev–Trinajstić information content (AvgIpc) is 2.39. The number of nitrogens with zero attached hydrogens (tertiary/aromatic N) is 1. The Bertz CT molecular complexity index is 566. The molecular formula is C15H14ClNO. The van der Waals surface area contributed by atoms with Crippen LogP contribution in [0.1, 0.15) is 34.8 Å². The molecule has 0 atom stereocenters. The van der Waals surface area contributed by atoms with Crippen LogP contribution >= 0.6 is 11.6 Å². The number of rotatable bonds is 4. The van der Waals surface area contributed by atoms with Crippen LogP contribution in [0.5, 0.6) is 0 Å². The van der Waals surface area contributed by atoms with Crippen LogP contribution in [0.3, 0.4) is 0 Å². The number of aromatic nitrogens is 1. The Morgan fingerprint density at radius 2 is 2.17 bits per heavy atom. The van der Waals surface area contributed by atoms with E-state index in [1.165, 1.54) is 11.8 Å². The molecule has 0 bridgehead atoms. The molecule has 1 aromatic carbocycles. The molecule has 3 heteroatoms. The third-order valence-electron chi connectivity index (χ3n) is 2.74. The van der Waals surface area contributed by atoms with Gasteiger partial charge in [-0.25, -0.2) is 0 Å². The zero-order valence-electron chi connectivity index (χ0n) is 10.2. The second-order valence-electron chi connectivity index (χ2n) is 4.14. The minimum Gasteiger partial charge on any atom is -0.289 e. The summed E-state index contributed by atoms with van der Waals surface area (Å²) >= 11 is 5.99. The second-order valence-corrected chi connectivity index (χ2v) is 4.54. The molecule has 0 saturated carbocycles. The quantitative estimate of drug-likeness (QED) is 0.779. The topological polar surface area (TPSA) is 30.0 Å². The van der Waals surface area contributed by atoms with Gasteiger partial charge in [-0.1, -0.05) is 43.1 Å². The molecule has 0 aliphatic heterocycles. The highest BCUT2D eigenvalue weighted by Crippen LogP contribution is 2.19. The maximum atomic E-state index is 12.3. The number of aryl methyl sites for hydroxylation is 1. The van der Waals surface area contributed by atoms with E-state index in [4.69, 9.17) is 11.6 Å². The van der Waals surface area contributed by atoms with Gasteiger partial charge in [-0.3, -0.25) is 9.78 Å². The SMILES string of the molecule is CCCc1cccc(C(=O)c2ccncc2Cl)c1. The monoisotopic (exact) mass is 259 g/mol. The molecule has 0 aliphatic rings. The highest BCUT2D eigenvalue weighted by atomic mass is 35.5. The van der Waals surface area contributed by atoms with Crippen LogP contribution in [-0.4, -0.2) is 10.8 Å². The number of carbonyl (C=O) groups excluding carboxylic acids is 1. The van der Waals surface area contributed by atoms with Crippen molar-refractivity contribution in [1.29, 1.82) is 0 Å². The lowest BCUT2D eigenvalue weighted by Gasteiger charge is -2.05. The molecule has 1 heterocycles. The van der Waals surface area contributed by atoms with Gasteiger partial charge in [0.2, 0.25) is 0 Å². The smallest absolute Gasteiger partial charge is 0.194 e. The van der Waals surface area contributed by atoms with E-state index >= 15 is 0 Å². The first kappa shape index (κ1) is 12.8. The van der Waals surface area contributed by atoms with Crippen LogP contribution in [0.25, 0.3) is 0 Å². The normalized spacial score (nSPS) is 10.3. The zero-order valence-corrected chi connectivity index (χ0v) is 10.9. The van der Waals surface area contributed by atoms with Crippen LogP contribution in [-0.2, 0) is 6.42 Å². The lowest BCUT2D eigenvalue weighted by atomic mass is 10.0. The minimum absolute atomic E-state index is 0.0552. The van der Waals surface area contributed by atoms with Gasteiger partial charge < -0.3 is 0 Å². The van der Waals surface area contributed by atoms with Crippen molar-refractivity contribution in [3.8, 4) is 0 Å². The molecule has 2 nitrogen and oxygen atoms in total. The number of ketones is 1. The fourth-order valence-corrected chi connectivity index (χ4v) is 2.08. The van der Waals surface area contributed by atoms with Gasteiger partial charge in [0.15, 0.2) is 5.78 Å². The van der Waals surface area contributed by atoms with Gasteiger partial charge in [-0.05, 0) is 24.1 Å². The van der Waals surface area contributed by atoms with Crippen molar-refractivity contribution in [3.05, 3.63) is 64.4 Å². The molecule has 0 aliphatic carbocycles. The summed E-state index contributed by atoms with van der Waals surface area (Å²) in [5, 5.41) is 0.392. The summed E-state index contributed by atoms with van der Waals surface area (Å²) in [6.07, 6.45) is 5.11. The van der Waals surface area contributed by atoms with E-state index in [1.54, 1.807) is 12.3 Å². The summed E-state index contributed by atoms with van der Waals surface area (Å²) in [6.45, 7) is 2.12.